The van der Waals surface area contributed by atoms with Gasteiger partial charge in [0.15, 0.2) is 0 Å². The molecular formula is H5BCaFeSi. The smallest absolute Gasteiger partial charge is 1.00 e. The van der Waals surface area contributed by atoms with Gasteiger partial charge < -0.3 is 2.85 Å². The van der Waals surface area contributed by atoms with Crippen molar-refractivity contribution in [2.24, 2.45) is 0 Å². The van der Waals surface area contributed by atoms with E-state index in [1.807, 2.05) is 0 Å². The molecule has 0 heterocycles. The number of hydrogen-bond donors (Lipinski definition) is 0. The van der Waals surface area contributed by atoms with Crippen LogP contribution in [0, 0.1) is 0 Å². The van der Waals surface area contributed by atoms with Crippen LogP contribution in [0.1, 0.15) is 2.85 Å². The predicted molar refractivity (Wildman–Crippen MR) is 23.7 cm³/mol. The minimum Gasteiger partial charge on any atom is -1.00 e. The summed E-state index contributed by atoms with van der Waals surface area (Å²) in [6.45, 7) is 0. The van der Waals surface area contributed by atoms with E-state index in [-0.39, 0.29) is 77.0 Å². The van der Waals surface area contributed by atoms with Gasteiger partial charge in [0.25, 0.3) is 0 Å². The van der Waals surface area contributed by atoms with E-state index >= 15 is 0 Å². The van der Waals surface area contributed by atoms with Crippen LogP contribution >= 0.6 is 0 Å². The molecule has 0 rings (SSSR count). The van der Waals surface area contributed by atoms with E-state index in [1.54, 1.807) is 0 Å². The summed E-state index contributed by atoms with van der Waals surface area (Å²) in [5, 5.41) is 0. The van der Waals surface area contributed by atoms with Gasteiger partial charge in [-0.25, -0.2) is 0 Å². The van der Waals surface area contributed by atoms with Crippen LogP contribution in [0.15, 0.2) is 0 Å². The van der Waals surface area contributed by atoms with Gasteiger partial charge in [-0.05, 0) is 11.0 Å². The van der Waals surface area contributed by atoms with Crippen LogP contribution in [0.4, 0.5) is 0 Å². The average Bonchev–Trinajstić information content (AvgIpc) is 0. The van der Waals surface area contributed by atoms with E-state index in [0.29, 0.717) is 0 Å². The SMILES string of the molecule is [B].[Ca+2].[Fe].[H-].[H-].[SiH3]. The fourth-order valence-corrected chi connectivity index (χ4v) is 0. The van der Waals surface area contributed by atoms with Crippen molar-refractivity contribution in [1.82, 2.24) is 0 Å². The summed E-state index contributed by atoms with van der Waals surface area (Å²) >= 11 is 0. The van der Waals surface area contributed by atoms with Gasteiger partial charge in [0, 0.05) is 25.5 Å². The van der Waals surface area contributed by atoms with Crippen molar-refractivity contribution in [2.75, 3.05) is 0 Å². The molecule has 0 amide bonds. The van der Waals surface area contributed by atoms with Crippen molar-refractivity contribution in [3.63, 3.8) is 0 Å². The second-order valence-electron chi connectivity index (χ2n) is 0. The van der Waals surface area contributed by atoms with Crippen LogP contribution in [0.5, 0.6) is 0 Å². The summed E-state index contributed by atoms with van der Waals surface area (Å²) in [7, 11) is 0. The number of hydrogen-bond acceptors (Lipinski definition) is 0. The normalized spacial score (nSPS) is 0. The van der Waals surface area contributed by atoms with Crippen LogP contribution in [-0.4, -0.2) is 57.1 Å². The maximum Gasteiger partial charge on any atom is 2.00 e. The summed E-state index contributed by atoms with van der Waals surface area (Å²) in [6.07, 6.45) is 0. The second-order valence-corrected chi connectivity index (χ2v) is 0. The third-order valence-electron chi connectivity index (χ3n) is 0. The first-order valence-corrected chi connectivity index (χ1v) is 0. The summed E-state index contributed by atoms with van der Waals surface area (Å²) in [4.78, 5) is 0. The van der Waals surface area contributed by atoms with Crippen LogP contribution < -0.4 is 0 Å². The quantitative estimate of drug-likeness (QED) is 0.351. The zero-order valence-corrected chi connectivity index (χ0v) is 7.95. The van der Waals surface area contributed by atoms with E-state index in [2.05, 4.69) is 0 Å². The Hall–Kier alpha value is 2.06. The van der Waals surface area contributed by atoms with Crippen LogP contribution in [0.25, 0.3) is 0 Å². The molecular weight excluding hydrogens is 135 g/mol. The molecule has 0 N–H and O–H groups in total. The Bertz CT molecular complexity index is 13.5. The summed E-state index contributed by atoms with van der Waals surface area (Å²) in [5.41, 5.74) is 0. The maximum absolute atomic E-state index is 0. The molecule has 4 radical (unpaired) electrons. The average molecular weight is 140 g/mol. The molecule has 0 spiro atoms. The molecule has 0 aromatic heterocycles. The Morgan fingerprint density at radius 3 is 1.25 bits per heavy atom. The van der Waals surface area contributed by atoms with Crippen LogP contribution in [0.2, 0.25) is 0 Å². The molecule has 0 fully saturated rings. The topological polar surface area (TPSA) is 0 Å². The van der Waals surface area contributed by atoms with Gasteiger partial charge in [-0.15, -0.1) is 0 Å². The van der Waals surface area contributed by atoms with Crippen LogP contribution in [0.3, 0.4) is 0 Å². The minimum absolute atomic E-state index is 0. The standard InChI is InChI=1S/B.Ca.Fe.H3Si.2H/h;;;1H3;;/q;+2;;;2*-1. The zero-order chi connectivity index (χ0) is 0. The Kier molecular flexibility index (Phi) is 180. The van der Waals surface area contributed by atoms with Gasteiger partial charge in [-0.2, -0.15) is 0 Å². The maximum atomic E-state index is 0. The monoisotopic (exact) mass is 140 g/mol. The van der Waals surface area contributed by atoms with Crippen molar-refractivity contribution in [1.29, 1.82) is 0 Å². The van der Waals surface area contributed by atoms with Crippen molar-refractivity contribution >= 4 is 57.1 Å². The van der Waals surface area contributed by atoms with Gasteiger partial charge in [-0.1, -0.05) is 0 Å². The molecule has 0 aromatic carbocycles. The van der Waals surface area contributed by atoms with Gasteiger partial charge in [0.1, 0.15) is 0 Å². The largest absolute Gasteiger partial charge is 2.00 e. The molecule has 0 aliphatic heterocycles. The minimum atomic E-state index is 0. The van der Waals surface area contributed by atoms with E-state index in [9.17, 15) is 0 Å². The summed E-state index contributed by atoms with van der Waals surface area (Å²) in [6, 6.07) is 0. The van der Waals surface area contributed by atoms with E-state index in [0.717, 1.165) is 0 Å². The van der Waals surface area contributed by atoms with Gasteiger partial charge >= 0.3 is 37.7 Å². The molecule has 0 bridgehead atoms. The fourth-order valence-electron chi connectivity index (χ4n) is 0. The Labute approximate surface area is 76.1 Å². The van der Waals surface area contributed by atoms with Crippen molar-refractivity contribution < 1.29 is 19.9 Å². The van der Waals surface area contributed by atoms with Crippen LogP contribution in [-0.2, 0) is 17.1 Å². The molecule has 0 nitrogen and oxygen atoms in total. The molecule has 0 unspecified atom stereocenters. The fraction of sp³-hybridized carbons (Fsp3) is 0. The van der Waals surface area contributed by atoms with Crippen molar-refractivity contribution in [3.8, 4) is 0 Å². The van der Waals surface area contributed by atoms with E-state index < -0.39 is 0 Å². The van der Waals surface area contributed by atoms with Crippen molar-refractivity contribution in [2.45, 2.75) is 0 Å². The third kappa shape index (κ3) is 8.96. The first kappa shape index (κ1) is 36.5. The summed E-state index contributed by atoms with van der Waals surface area (Å²) in [5.74, 6) is 0. The molecule has 0 atom stereocenters. The predicted octanol–water partition coefficient (Wildman–Crippen LogP) is -1.72. The second kappa shape index (κ2) is 19.6. The Morgan fingerprint density at radius 1 is 1.25 bits per heavy atom. The Morgan fingerprint density at radius 2 is 1.25 bits per heavy atom. The third-order valence-corrected chi connectivity index (χ3v) is 0. The summed E-state index contributed by atoms with van der Waals surface area (Å²) < 4.78 is 0. The Balaban J connectivity index is 0. The first-order valence-electron chi connectivity index (χ1n) is 0. The number of rotatable bonds is 0. The van der Waals surface area contributed by atoms with Crippen molar-refractivity contribution in [3.05, 3.63) is 0 Å². The first-order chi connectivity index (χ1) is 0. The van der Waals surface area contributed by atoms with Gasteiger partial charge in [0.05, 0.1) is 0 Å². The molecule has 22 valence electrons. The molecule has 0 saturated heterocycles. The molecule has 0 aromatic rings. The molecule has 0 saturated carbocycles. The molecule has 4 heteroatoms. The molecule has 0 aliphatic rings. The molecule has 0 aliphatic carbocycles. The van der Waals surface area contributed by atoms with E-state index in [1.165, 1.54) is 0 Å². The zero-order valence-electron chi connectivity index (χ0n) is 4.64. The van der Waals surface area contributed by atoms with E-state index in [4.69, 9.17) is 0 Å². The molecule has 4 heavy (non-hydrogen) atoms. The van der Waals surface area contributed by atoms with Gasteiger partial charge in [0.2, 0.25) is 0 Å². The van der Waals surface area contributed by atoms with Gasteiger partial charge in [-0.3, -0.25) is 0 Å².